The van der Waals surface area contributed by atoms with Gasteiger partial charge in [-0.2, -0.15) is 0 Å². The molecule has 134 valence electrons. The number of aryl methyl sites for hydroxylation is 1. The highest BCUT2D eigenvalue weighted by atomic mass is 19.1. The number of amides is 2. The number of carboxylic acid groups (broad SMARTS) is 1. The predicted octanol–water partition coefficient (Wildman–Crippen LogP) is 1.32. The molecule has 3 N–H and O–H groups in total. The van der Waals surface area contributed by atoms with Crippen LogP contribution in [0.25, 0.3) is 0 Å². The Kier molecular flexibility index (Phi) is 4.71. The third kappa shape index (κ3) is 3.48. The average Bonchev–Trinajstić information content (AvgIpc) is 2.59. The van der Waals surface area contributed by atoms with Crippen LogP contribution in [0.2, 0.25) is 0 Å². The number of anilines is 1. The summed E-state index contributed by atoms with van der Waals surface area (Å²) >= 11 is 0. The summed E-state index contributed by atoms with van der Waals surface area (Å²) in [5, 5.41) is 14.6. The lowest BCUT2D eigenvalue weighted by atomic mass is 9.80. The molecule has 0 bridgehead atoms. The summed E-state index contributed by atoms with van der Waals surface area (Å²) in [6.07, 6.45) is 1.29. The first kappa shape index (κ1) is 17.3. The number of aliphatic carboxylic acids is 1. The van der Waals surface area contributed by atoms with Crippen molar-refractivity contribution in [2.45, 2.75) is 25.7 Å². The topological polar surface area (TPSA) is 105 Å². The average molecular weight is 350 g/mol. The van der Waals surface area contributed by atoms with E-state index in [9.17, 15) is 23.9 Å². The number of hydrogen-bond donors (Lipinski definition) is 3. The van der Waals surface area contributed by atoms with E-state index in [1.54, 1.807) is 0 Å². The highest BCUT2D eigenvalue weighted by Crippen LogP contribution is 2.30. The van der Waals surface area contributed by atoms with E-state index in [1.807, 2.05) is 0 Å². The van der Waals surface area contributed by atoms with Crippen LogP contribution in [0.4, 0.5) is 10.1 Å². The molecule has 0 atom stereocenters. The van der Waals surface area contributed by atoms with Gasteiger partial charge in [0.15, 0.2) is 0 Å². The van der Waals surface area contributed by atoms with Gasteiger partial charge in [0.2, 0.25) is 5.91 Å². The van der Waals surface area contributed by atoms with Gasteiger partial charge in [0.25, 0.3) is 5.91 Å². The second kappa shape index (κ2) is 6.79. The van der Waals surface area contributed by atoms with E-state index >= 15 is 0 Å². The van der Waals surface area contributed by atoms with Crippen LogP contribution in [0.1, 0.15) is 35.2 Å². The first-order valence-electron chi connectivity index (χ1n) is 8.13. The van der Waals surface area contributed by atoms with Crippen molar-refractivity contribution in [2.24, 2.45) is 5.41 Å². The van der Waals surface area contributed by atoms with Crippen molar-refractivity contribution in [2.75, 3.05) is 25.1 Å². The number of nitrogens with one attached hydrogen (secondary N) is 2. The number of fused-ring (bicyclic) bond motifs is 1. The molecule has 2 heterocycles. The Hall–Kier alpha value is -2.48. The molecule has 7 nitrogen and oxygen atoms in total. The molecule has 2 amide bonds. The molecular weight excluding hydrogens is 331 g/mol. The Bertz CT molecular complexity index is 728. The second-order valence-corrected chi connectivity index (χ2v) is 6.42. The number of halogens is 1. The van der Waals surface area contributed by atoms with E-state index in [4.69, 9.17) is 4.74 Å². The molecule has 2 aliphatic heterocycles. The first-order chi connectivity index (χ1) is 11.9. The highest BCUT2D eigenvalue weighted by Gasteiger charge is 2.40. The van der Waals surface area contributed by atoms with Gasteiger partial charge in [-0.3, -0.25) is 14.4 Å². The minimum Gasteiger partial charge on any atom is -0.481 e. The van der Waals surface area contributed by atoms with Gasteiger partial charge in [-0.1, -0.05) is 0 Å². The molecule has 1 saturated heterocycles. The van der Waals surface area contributed by atoms with E-state index < -0.39 is 23.1 Å². The molecular formula is C17H19FN2O5. The lowest BCUT2D eigenvalue weighted by molar-refractivity contribution is -0.154. The molecule has 1 aromatic carbocycles. The molecule has 0 aliphatic carbocycles. The molecule has 1 fully saturated rings. The molecule has 2 aliphatic rings. The lowest BCUT2D eigenvalue weighted by Crippen LogP contribution is -2.46. The number of benzene rings is 1. The van der Waals surface area contributed by atoms with Gasteiger partial charge in [0.05, 0.1) is 11.0 Å². The van der Waals surface area contributed by atoms with Crippen LogP contribution in [0.5, 0.6) is 0 Å². The molecule has 0 aromatic heterocycles. The fraction of sp³-hybridized carbons (Fsp3) is 0.471. The maximum atomic E-state index is 14.2. The van der Waals surface area contributed by atoms with Crippen molar-refractivity contribution >= 4 is 23.5 Å². The molecule has 3 rings (SSSR count). The Labute approximate surface area is 143 Å². The minimum absolute atomic E-state index is 0.0855. The number of carboxylic acids is 1. The lowest BCUT2D eigenvalue weighted by Gasteiger charge is -2.33. The molecule has 1 aromatic rings. The quantitative estimate of drug-likeness (QED) is 0.760. The van der Waals surface area contributed by atoms with Crippen LogP contribution in [-0.4, -0.2) is 42.6 Å². The summed E-state index contributed by atoms with van der Waals surface area (Å²) in [6.45, 7) is 0.544. The second-order valence-electron chi connectivity index (χ2n) is 6.42. The number of rotatable bonds is 4. The third-order valence-corrected chi connectivity index (χ3v) is 4.82. The normalized spacial score (nSPS) is 18.8. The van der Waals surface area contributed by atoms with Crippen LogP contribution in [0, 0.1) is 11.2 Å². The van der Waals surface area contributed by atoms with Gasteiger partial charge in [-0.25, -0.2) is 4.39 Å². The number of ether oxygens (including phenoxy) is 1. The van der Waals surface area contributed by atoms with Gasteiger partial charge in [-0.15, -0.1) is 0 Å². The third-order valence-electron chi connectivity index (χ3n) is 4.82. The maximum absolute atomic E-state index is 14.2. The van der Waals surface area contributed by atoms with Crippen LogP contribution >= 0.6 is 0 Å². The Morgan fingerprint density at radius 2 is 2.00 bits per heavy atom. The van der Waals surface area contributed by atoms with E-state index in [0.29, 0.717) is 43.7 Å². The fourth-order valence-corrected chi connectivity index (χ4v) is 3.15. The molecule has 25 heavy (non-hydrogen) atoms. The summed E-state index contributed by atoms with van der Waals surface area (Å²) in [4.78, 5) is 35.3. The summed E-state index contributed by atoms with van der Waals surface area (Å²) in [5.41, 5.74) is -0.184. The number of carbonyl (C=O) groups excluding carboxylic acids is 2. The van der Waals surface area contributed by atoms with Crippen LogP contribution in [-0.2, 0) is 20.7 Å². The first-order valence-corrected chi connectivity index (χ1v) is 8.13. The molecule has 8 heteroatoms. The molecule has 0 spiro atoms. The van der Waals surface area contributed by atoms with Crippen molar-refractivity contribution in [3.63, 3.8) is 0 Å². The van der Waals surface area contributed by atoms with E-state index in [-0.39, 0.29) is 24.4 Å². The highest BCUT2D eigenvalue weighted by molar-refractivity contribution is 5.98. The van der Waals surface area contributed by atoms with Gasteiger partial charge in [-0.05, 0) is 37.0 Å². The van der Waals surface area contributed by atoms with Gasteiger partial charge in [0.1, 0.15) is 5.82 Å². The van der Waals surface area contributed by atoms with Crippen molar-refractivity contribution < 1.29 is 28.6 Å². The predicted molar refractivity (Wildman–Crippen MR) is 85.8 cm³/mol. The van der Waals surface area contributed by atoms with Crippen molar-refractivity contribution in [1.29, 1.82) is 0 Å². The zero-order valence-electron chi connectivity index (χ0n) is 13.6. The number of carbonyl (C=O) groups is 3. The molecule has 0 unspecified atom stereocenters. The Morgan fingerprint density at radius 3 is 2.68 bits per heavy atom. The largest absolute Gasteiger partial charge is 0.481 e. The number of hydrogen-bond acceptors (Lipinski definition) is 4. The Balaban J connectivity index is 1.75. The SMILES string of the molecule is O=C1CCc2cc(C(=O)NCC3(C(=O)O)CCOCC3)c(F)cc2N1. The Morgan fingerprint density at radius 1 is 1.28 bits per heavy atom. The molecule has 0 saturated carbocycles. The maximum Gasteiger partial charge on any atom is 0.311 e. The summed E-state index contributed by atoms with van der Waals surface area (Å²) in [5.74, 6) is -2.60. The van der Waals surface area contributed by atoms with E-state index in [1.165, 1.54) is 6.07 Å². The van der Waals surface area contributed by atoms with Crippen molar-refractivity contribution in [3.05, 3.63) is 29.1 Å². The fourth-order valence-electron chi connectivity index (χ4n) is 3.15. The van der Waals surface area contributed by atoms with E-state index in [0.717, 1.165) is 6.07 Å². The zero-order chi connectivity index (χ0) is 18.0. The summed E-state index contributed by atoms with van der Waals surface area (Å²) < 4.78 is 19.4. The van der Waals surface area contributed by atoms with E-state index in [2.05, 4.69) is 10.6 Å². The van der Waals surface area contributed by atoms with Crippen molar-refractivity contribution in [3.8, 4) is 0 Å². The van der Waals surface area contributed by atoms with Gasteiger partial charge >= 0.3 is 5.97 Å². The minimum atomic E-state index is -1.09. The van der Waals surface area contributed by atoms with Crippen LogP contribution in [0.3, 0.4) is 0 Å². The van der Waals surface area contributed by atoms with Crippen molar-refractivity contribution in [1.82, 2.24) is 5.32 Å². The summed E-state index contributed by atoms with van der Waals surface area (Å²) in [6, 6.07) is 2.54. The zero-order valence-corrected chi connectivity index (χ0v) is 13.6. The van der Waals surface area contributed by atoms with Gasteiger partial charge < -0.3 is 20.5 Å². The molecule has 0 radical (unpaired) electrons. The standard InChI is InChI=1S/C17H19FN2O5/c18-12-8-13-10(1-2-14(21)20-13)7-11(12)15(22)19-9-17(16(23)24)3-5-25-6-4-17/h7-8H,1-6,9H2,(H,19,22)(H,20,21)(H,23,24). The van der Waals surface area contributed by atoms with Crippen LogP contribution in [0.15, 0.2) is 12.1 Å². The van der Waals surface area contributed by atoms with Crippen LogP contribution < -0.4 is 10.6 Å². The summed E-state index contributed by atoms with van der Waals surface area (Å²) in [7, 11) is 0. The monoisotopic (exact) mass is 350 g/mol. The van der Waals surface area contributed by atoms with Gasteiger partial charge in [0, 0.05) is 31.9 Å². The smallest absolute Gasteiger partial charge is 0.311 e.